The fourth-order valence-corrected chi connectivity index (χ4v) is 2.81. The summed E-state index contributed by atoms with van der Waals surface area (Å²) < 4.78 is 13.1. The molecule has 1 fully saturated rings. The number of benzene rings is 1. The van der Waals surface area contributed by atoms with Gasteiger partial charge in [-0.25, -0.2) is 4.39 Å². The lowest BCUT2D eigenvalue weighted by molar-refractivity contribution is 0.215. The summed E-state index contributed by atoms with van der Waals surface area (Å²) in [6.45, 7) is 7.16. The van der Waals surface area contributed by atoms with Gasteiger partial charge in [-0.1, -0.05) is 12.1 Å². The van der Waals surface area contributed by atoms with Gasteiger partial charge in [0.25, 0.3) is 0 Å². The number of nitrogens with zero attached hydrogens (tertiary/aromatic N) is 2. The van der Waals surface area contributed by atoms with Crippen molar-refractivity contribution in [1.82, 2.24) is 15.5 Å². The molecule has 1 aliphatic carbocycles. The lowest BCUT2D eigenvalue weighted by Gasteiger charge is -2.26. The molecular weight excluding hydrogens is 291 g/mol. The van der Waals surface area contributed by atoms with Crippen molar-refractivity contribution >= 4 is 5.96 Å². The van der Waals surface area contributed by atoms with Crippen molar-refractivity contribution in [2.24, 2.45) is 4.99 Å². The standard InChI is InChI=1S/C18H29FN4/c1-14(2)23(17-7-8-17)12-11-22-18(20-3)21-10-9-15-5-4-6-16(19)13-15/h4-6,13-14,17H,7-12H2,1-3H3,(H2,20,21,22). The Morgan fingerprint density at radius 1 is 1.30 bits per heavy atom. The Balaban J connectivity index is 1.67. The summed E-state index contributed by atoms with van der Waals surface area (Å²) in [4.78, 5) is 6.79. The molecule has 0 amide bonds. The van der Waals surface area contributed by atoms with E-state index < -0.39 is 0 Å². The van der Waals surface area contributed by atoms with Crippen molar-refractivity contribution in [3.05, 3.63) is 35.6 Å². The molecule has 0 heterocycles. The highest BCUT2D eigenvalue weighted by Crippen LogP contribution is 2.27. The predicted molar refractivity (Wildman–Crippen MR) is 94.3 cm³/mol. The van der Waals surface area contributed by atoms with E-state index in [1.54, 1.807) is 19.2 Å². The number of nitrogens with one attached hydrogen (secondary N) is 2. The molecule has 1 aliphatic rings. The fourth-order valence-electron chi connectivity index (χ4n) is 2.81. The van der Waals surface area contributed by atoms with E-state index >= 15 is 0 Å². The summed E-state index contributed by atoms with van der Waals surface area (Å²) >= 11 is 0. The van der Waals surface area contributed by atoms with Crippen molar-refractivity contribution in [3.63, 3.8) is 0 Å². The summed E-state index contributed by atoms with van der Waals surface area (Å²) in [5.74, 6) is 0.625. The molecule has 0 radical (unpaired) electrons. The molecule has 5 heteroatoms. The third-order valence-corrected chi connectivity index (χ3v) is 4.16. The van der Waals surface area contributed by atoms with Gasteiger partial charge < -0.3 is 10.6 Å². The molecule has 1 saturated carbocycles. The van der Waals surface area contributed by atoms with Gasteiger partial charge in [-0.3, -0.25) is 9.89 Å². The van der Waals surface area contributed by atoms with E-state index in [0.717, 1.165) is 43.6 Å². The first-order chi connectivity index (χ1) is 11.1. The highest BCUT2D eigenvalue weighted by atomic mass is 19.1. The third kappa shape index (κ3) is 6.18. The molecule has 4 nitrogen and oxygen atoms in total. The summed E-state index contributed by atoms with van der Waals surface area (Å²) in [7, 11) is 1.78. The largest absolute Gasteiger partial charge is 0.356 e. The SMILES string of the molecule is CN=C(NCCc1cccc(F)c1)NCCN(C(C)C)C1CC1. The molecule has 0 bridgehead atoms. The van der Waals surface area contributed by atoms with Gasteiger partial charge >= 0.3 is 0 Å². The van der Waals surface area contributed by atoms with Gasteiger partial charge in [0.15, 0.2) is 5.96 Å². The van der Waals surface area contributed by atoms with E-state index in [4.69, 9.17) is 0 Å². The number of aliphatic imine (C=N–C) groups is 1. The van der Waals surface area contributed by atoms with Crippen LogP contribution >= 0.6 is 0 Å². The molecule has 0 saturated heterocycles. The minimum absolute atomic E-state index is 0.182. The number of halogens is 1. The molecule has 2 rings (SSSR count). The molecule has 1 aromatic rings. The average molecular weight is 320 g/mol. The highest BCUT2D eigenvalue weighted by molar-refractivity contribution is 5.79. The van der Waals surface area contributed by atoms with Crippen LogP contribution in [0.5, 0.6) is 0 Å². The van der Waals surface area contributed by atoms with Gasteiger partial charge in [0.05, 0.1) is 0 Å². The van der Waals surface area contributed by atoms with Crippen LogP contribution in [0.3, 0.4) is 0 Å². The molecule has 128 valence electrons. The molecule has 0 aliphatic heterocycles. The molecule has 0 atom stereocenters. The number of rotatable bonds is 8. The van der Waals surface area contributed by atoms with E-state index in [2.05, 4.69) is 34.4 Å². The van der Waals surface area contributed by atoms with E-state index in [-0.39, 0.29) is 5.82 Å². The lowest BCUT2D eigenvalue weighted by atomic mass is 10.1. The smallest absolute Gasteiger partial charge is 0.191 e. The molecule has 0 unspecified atom stereocenters. The molecule has 2 N–H and O–H groups in total. The average Bonchev–Trinajstić information content (AvgIpc) is 3.34. The summed E-state index contributed by atoms with van der Waals surface area (Å²) in [5.41, 5.74) is 0.993. The minimum Gasteiger partial charge on any atom is -0.356 e. The van der Waals surface area contributed by atoms with Crippen LogP contribution in [-0.4, -0.2) is 49.6 Å². The molecule has 0 spiro atoms. The number of hydrogen-bond donors (Lipinski definition) is 2. The second-order valence-corrected chi connectivity index (χ2v) is 6.37. The third-order valence-electron chi connectivity index (χ3n) is 4.16. The maximum absolute atomic E-state index is 13.1. The predicted octanol–water partition coefficient (Wildman–Crippen LogP) is 2.41. The van der Waals surface area contributed by atoms with E-state index in [0.29, 0.717) is 6.04 Å². The minimum atomic E-state index is -0.182. The Kier molecular flexibility index (Phi) is 6.84. The van der Waals surface area contributed by atoms with Gasteiger partial charge in [-0.15, -0.1) is 0 Å². The number of guanidine groups is 1. The summed E-state index contributed by atoms with van der Waals surface area (Å²) in [6.07, 6.45) is 3.44. The van der Waals surface area contributed by atoms with Crippen LogP contribution in [0.1, 0.15) is 32.3 Å². The molecule has 0 aromatic heterocycles. The van der Waals surface area contributed by atoms with Crippen LogP contribution in [0.2, 0.25) is 0 Å². The fraction of sp³-hybridized carbons (Fsp3) is 0.611. The maximum Gasteiger partial charge on any atom is 0.191 e. The zero-order chi connectivity index (χ0) is 16.7. The van der Waals surface area contributed by atoms with Crippen molar-refractivity contribution in [2.45, 2.75) is 45.2 Å². The van der Waals surface area contributed by atoms with Gasteiger partial charge in [0.2, 0.25) is 0 Å². The quantitative estimate of drug-likeness (QED) is 0.571. The molecule has 23 heavy (non-hydrogen) atoms. The Bertz CT molecular complexity index is 509. The molecular formula is C18H29FN4. The summed E-state index contributed by atoms with van der Waals surface area (Å²) in [6, 6.07) is 8.10. The van der Waals surface area contributed by atoms with Crippen molar-refractivity contribution in [1.29, 1.82) is 0 Å². The van der Waals surface area contributed by atoms with Crippen LogP contribution in [-0.2, 0) is 6.42 Å². The van der Waals surface area contributed by atoms with Crippen molar-refractivity contribution in [3.8, 4) is 0 Å². The first-order valence-corrected chi connectivity index (χ1v) is 8.55. The van der Waals surface area contributed by atoms with Crippen LogP contribution in [0.4, 0.5) is 4.39 Å². The van der Waals surface area contributed by atoms with Crippen LogP contribution < -0.4 is 10.6 Å². The highest BCUT2D eigenvalue weighted by Gasteiger charge is 2.29. The van der Waals surface area contributed by atoms with E-state index in [1.807, 2.05) is 6.07 Å². The first kappa shape index (κ1) is 17.7. The first-order valence-electron chi connectivity index (χ1n) is 8.55. The second kappa shape index (κ2) is 8.87. The zero-order valence-electron chi connectivity index (χ0n) is 14.5. The van der Waals surface area contributed by atoms with Gasteiger partial charge in [-0.05, 0) is 50.8 Å². The van der Waals surface area contributed by atoms with Crippen LogP contribution in [0.15, 0.2) is 29.3 Å². The zero-order valence-corrected chi connectivity index (χ0v) is 14.5. The molecule has 1 aromatic carbocycles. The Hall–Kier alpha value is -1.62. The normalized spacial score (nSPS) is 15.3. The Morgan fingerprint density at radius 3 is 2.65 bits per heavy atom. The monoisotopic (exact) mass is 320 g/mol. The topological polar surface area (TPSA) is 39.7 Å². The lowest BCUT2D eigenvalue weighted by Crippen LogP contribution is -2.44. The van der Waals surface area contributed by atoms with Crippen LogP contribution in [0, 0.1) is 5.82 Å². The van der Waals surface area contributed by atoms with Crippen LogP contribution in [0.25, 0.3) is 0 Å². The number of hydrogen-bond acceptors (Lipinski definition) is 2. The Labute approximate surface area is 139 Å². The van der Waals surface area contributed by atoms with Crippen molar-refractivity contribution < 1.29 is 4.39 Å². The summed E-state index contributed by atoms with van der Waals surface area (Å²) in [5, 5.41) is 6.64. The maximum atomic E-state index is 13.1. The van der Waals surface area contributed by atoms with E-state index in [1.165, 1.54) is 18.9 Å². The van der Waals surface area contributed by atoms with Gasteiger partial charge in [0.1, 0.15) is 5.82 Å². The van der Waals surface area contributed by atoms with Crippen molar-refractivity contribution in [2.75, 3.05) is 26.7 Å². The van der Waals surface area contributed by atoms with E-state index in [9.17, 15) is 4.39 Å². The van der Waals surface area contributed by atoms with Gasteiger partial charge in [-0.2, -0.15) is 0 Å². The van der Waals surface area contributed by atoms with Gasteiger partial charge in [0, 0.05) is 38.8 Å². The Morgan fingerprint density at radius 2 is 2.04 bits per heavy atom. The second-order valence-electron chi connectivity index (χ2n) is 6.37.